The van der Waals surface area contributed by atoms with E-state index in [2.05, 4.69) is 15.5 Å². The fourth-order valence-electron chi connectivity index (χ4n) is 2.29. The van der Waals surface area contributed by atoms with Gasteiger partial charge in [-0.3, -0.25) is 14.5 Å². The minimum atomic E-state index is -0.456. The second-order valence-electron chi connectivity index (χ2n) is 5.97. The summed E-state index contributed by atoms with van der Waals surface area (Å²) in [6.45, 7) is 3.26. The van der Waals surface area contributed by atoms with Crippen molar-refractivity contribution in [1.82, 2.24) is 10.2 Å². The number of amides is 2. The van der Waals surface area contributed by atoms with Gasteiger partial charge in [-0.2, -0.15) is 0 Å². The molecular weight excluding hydrogens is 451 g/mol. The molecular formula is C16H15Cl3N4O2S2. The van der Waals surface area contributed by atoms with Crippen LogP contribution in [0.15, 0.2) is 16.5 Å². The van der Waals surface area contributed by atoms with Crippen LogP contribution in [-0.2, 0) is 9.59 Å². The molecule has 1 N–H and O–H groups in total. The van der Waals surface area contributed by atoms with Crippen molar-refractivity contribution >= 4 is 80.5 Å². The Morgan fingerprint density at radius 1 is 1.22 bits per heavy atom. The van der Waals surface area contributed by atoms with Gasteiger partial charge in [-0.05, 0) is 31.9 Å². The highest BCUT2D eigenvalue weighted by Gasteiger charge is 2.34. The SMILES string of the molecule is CC(=O)N(c1nnc(SC(C)C(=O)Nc2cc(Cl)c(Cl)cc2Cl)s1)C1CC1. The molecule has 3 rings (SSSR count). The summed E-state index contributed by atoms with van der Waals surface area (Å²) in [6, 6.07) is 3.19. The van der Waals surface area contributed by atoms with Crippen LogP contribution in [-0.4, -0.2) is 33.3 Å². The molecule has 1 heterocycles. The van der Waals surface area contributed by atoms with Crippen LogP contribution >= 0.6 is 57.9 Å². The maximum absolute atomic E-state index is 12.5. The van der Waals surface area contributed by atoms with Crippen molar-refractivity contribution in [2.45, 2.75) is 42.3 Å². The molecule has 144 valence electrons. The van der Waals surface area contributed by atoms with E-state index in [-0.39, 0.29) is 17.9 Å². The van der Waals surface area contributed by atoms with Crippen molar-refractivity contribution in [1.29, 1.82) is 0 Å². The third-order valence-corrected chi connectivity index (χ3v) is 6.91. The van der Waals surface area contributed by atoms with E-state index in [9.17, 15) is 9.59 Å². The molecule has 1 aromatic heterocycles. The van der Waals surface area contributed by atoms with E-state index in [1.807, 2.05) is 0 Å². The lowest BCUT2D eigenvalue weighted by Gasteiger charge is -2.15. The number of carbonyl (C=O) groups excluding carboxylic acids is 2. The number of hydrogen-bond donors (Lipinski definition) is 1. The Labute approximate surface area is 179 Å². The summed E-state index contributed by atoms with van der Waals surface area (Å²) < 4.78 is 0.611. The van der Waals surface area contributed by atoms with Gasteiger partial charge in [0.25, 0.3) is 0 Å². The van der Waals surface area contributed by atoms with Gasteiger partial charge >= 0.3 is 0 Å². The molecule has 1 saturated carbocycles. The zero-order valence-electron chi connectivity index (χ0n) is 14.3. The van der Waals surface area contributed by atoms with Crippen LogP contribution in [0.5, 0.6) is 0 Å². The molecule has 27 heavy (non-hydrogen) atoms. The van der Waals surface area contributed by atoms with Crippen molar-refractivity contribution in [3.05, 3.63) is 27.2 Å². The first-order valence-corrected chi connectivity index (χ1v) is 10.8. The number of nitrogens with one attached hydrogen (secondary N) is 1. The van der Waals surface area contributed by atoms with E-state index in [1.165, 1.54) is 42.2 Å². The van der Waals surface area contributed by atoms with Gasteiger partial charge in [0.1, 0.15) is 0 Å². The molecule has 0 radical (unpaired) electrons. The molecule has 2 amide bonds. The Morgan fingerprint density at radius 2 is 1.89 bits per heavy atom. The molecule has 1 atom stereocenters. The second-order valence-corrected chi connectivity index (χ2v) is 9.73. The monoisotopic (exact) mass is 464 g/mol. The zero-order chi connectivity index (χ0) is 19.7. The van der Waals surface area contributed by atoms with E-state index in [4.69, 9.17) is 34.8 Å². The summed E-state index contributed by atoms with van der Waals surface area (Å²) in [4.78, 5) is 25.9. The standard InChI is InChI=1S/C16H15Cl3N4O2S2/c1-7(14(25)20-13-6-11(18)10(17)5-12(13)19)26-16-22-21-15(27-16)23(8(2)24)9-3-4-9/h5-7,9H,3-4H2,1-2H3,(H,20,25). The molecule has 0 spiro atoms. The van der Waals surface area contributed by atoms with Gasteiger partial charge in [0, 0.05) is 13.0 Å². The number of benzene rings is 1. The van der Waals surface area contributed by atoms with Gasteiger partial charge in [-0.1, -0.05) is 57.9 Å². The first-order chi connectivity index (χ1) is 12.8. The van der Waals surface area contributed by atoms with Crippen LogP contribution < -0.4 is 10.2 Å². The fraction of sp³-hybridized carbons (Fsp3) is 0.375. The highest BCUT2D eigenvalue weighted by molar-refractivity contribution is 8.02. The predicted molar refractivity (Wildman–Crippen MR) is 112 cm³/mol. The van der Waals surface area contributed by atoms with E-state index >= 15 is 0 Å². The number of halogens is 3. The number of rotatable bonds is 6. The number of nitrogens with zero attached hydrogens (tertiary/aromatic N) is 3. The maximum atomic E-state index is 12.5. The first kappa shape index (κ1) is 20.7. The lowest BCUT2D eigenvalue weighted by molar-refractivity contribution is -0.117. The lowest BCUT2D eigenvalue weighted by Crippen LogP contribution is -2.30. The van der Waals surface area contributed by atoms with E-state index in [0.717, 1.165) is 12.8 Å². The molecule has 1 aromatic carbocycles. The molecule has 2 aromatic rings. The zero-order valence-corrected chi connectivity index (χ0v) is 18.2. The normalized spacial score (nSPS) is 14.7. The molecule has 0 saturated heterocycles. The Bertz CT molecular complexity index is 889. The van der Waals surface area contributed by atoms with Crippen LogP contribution in [0.4, 0.5) is 10.8 Å². The molecule has 1 unspecified atom stereocenters. The fourth-order valence-corrected chi connectivity index (χ4v) is 4.98. The number of carbonyl (C=O) groups is 2. The minimum absolute atomic E-state index is 0.0507. The molecule has 0 aliphatic heterocycles. The number of thioether (sulfide) groups is 1. The third kappa shape index (κ3) is 5.06. The van der Waals surface area contributed by atoms with E-state index in [1.54, 1.807) is 11.8 Å². The van der Waals surface area contributed by atoms with Crippen LogP contribution in [0.3, 0.4) is 0 Å². The highest BCUT2D eigenvalue weighted by Crippen LogP contribution is 2.37. The summed E-state index contributed by atoms with van der Waals surface area (Å²) in [6.07, 6.45) is 1.95. The smallest absolute Gasteiger partial charge is 0.237 e. The van der Waals surface area contributed by atoms with Gasteiger partial charge in [-0.15, -0.1) is 10.2 Å². The molecule has 11 heteroatoms. The third-order valence-electron chi connectivity index (χ3n) is 3.77. The quantitative estimate of drug-likeness (QED) is 0.363. The van der Waals surface area contributed by atoms with Crippen LogP contribution in [0.2, 0.25) is 15.1 Å². The van der Waals surface area contributed by atoms with E-state index < -0.39 is 5.25 Å². The summed E-state index contributed by atoms with van der Waals surface area (Å²) in [5.41, 5.74) is 0.387. The predicted octanol–water partition coefficient (Wildman–Crippen LogP) is 5.13. The number of aromatic nitrogens is 2. The molecule has 1 aliphatic rings. The molecule has 0 bridgehead atoms. The van der Waals surface area contributed by atoms with Crippen molar-refractivity contribution in [3.63, 3.8) is 0 Å². The Hall–Kier alpha value is -1.06. The van der Waals surface area contributed by atoms with Crippen LogP contribution in [0, 0.1) is 0 Å². The second kappa shape index (κ2) is 8.53. The van der Waals surface area contributed by atoms with E-state index in [0.29, 0.717) is 30.2 Å². The maximum Gasteiger partial charge on any atom is 0.237 e. The van der Waals surface area contributed by atoms with Crippen molar-refractivity contribution in [2.75, 3.05) is 10.2 Å². The summed E-state index contributed by atoms with van der Waals surface area (Å²) in [7, 11) is 0. The van der Waals surface area contributed by atoms with Gasteiger partial charge in [0.05, 0.1) is 26.0 Å². The van der Waals surface area contributed by atoms with Gasteiger partial charge in [0.15, 0.2) is 4.34 Å². The van der Waals surface area contributed by atoms with Gasteiger partial charge in [-0.25, -0.2) is 0 Å². The summed E-state index contributed by atoms with van der Waals surface area (Å²) >= 11 is 20.5. The molecule has 6 nitrogen and oxygen atoms in total. The van der Waals surface area contributed by atoms with Crippen molar-refractivity contribution in [2.24, 2.45) is 0 Å². The molecule has 1 fully saturated rings. The van der Waals surface area contributed by atoms with Gasteiger partial charge in [0.2, 0.25) is 16.9 Å². The molecule has 1 aliphatic carbocycles. The average molecular weight is 466 g/mol. The summed E-state index contributed by atoms with van der Waals surface area (Å²) in [5.74, 6) is -0.312. The topological polar surface area (TPSA) is 75.2 Å². The minimum Gasteiger partial charge on any atom is -0.324 e. The van der Waals surface area contributed by atoms with Crippen LogP contribution in [0.1, 0.15) is 26.7 Å². The lowest BCUT2D eigenvalue weighted by atomic mass is 10.3. The summed E-state index contributed by atoms with van der Waals surface area (Å²) in [5, 5.41) is 11.9. The van der Waals surface area contributed by atoms with Crippen molar-refractivity contribution in [3.8, 4) is 0 Å². The number of anilines is 2. The Balaban J connectivity index is 1.65. The first-order valence-electron chi connectivity index (χ1n) is 8.01. The average Bonchev–Trinajstić information content (AvgIpc) is 3.31. The van der Waals surface area contributed by atoms with Crippen molar-refractivity contribution < 1.29 is 9.59 Å². The van der Waals surface area contributed by atoms with Gasteiger partial charge < -0.3 is 5.32 Å². The van der Waals surface area contributed by atoms with Crippen LogP contribution in [0.25, 0.3) is 0 Å². The highest BCUT2D eigenvalue weighted by atomic mass is 35.5. The largest absolute Gasteiger partial charge is 0.324 e. The Kier molecular flexibility index (Phi) is 6.53. The number of hydrogen-bond acceptors (Lipinski definition) is 6. The Morgan fingerprint density at radius 3 is 2.52 bits per heavy atom.